The maximum Gasteiger partial charge on any atom is 0.330 e. The van der Waals surface area contributed by atoms with Crippen molar-refractivity contribution in [3.8, 4) is 17.6 Å². The Morgan fingerprint density at radius 3 is 2.38 bits per heavy atom. The monoisotopic (exact) mass is 281 g/mol. The molecule has 1 atom stereocenters. The molecule has 1 unspecified atom stereocenters. The zero-order valence-electron chi connectivity index (χ0n) is 11.9. The van der Waals surface area contributed by atoms with Crippen molar-refractivity contribution >= 4 is 5.97 Å². The molecule has 0 bridgehead atoms. The third-order valence-electron chi connectivity index (χ3n) is 3.21. The van der Waals surface area contributed by atoms with Gasteiger partial charge in [-0.05, 0) is 36.8 Å². The highest BCUT2D eigenvalue weighted by Crippen LogP contribution is 2.29. The lowest BCUT2D eigenvalue weighted by molar-refractivity contribution is -0.144. The molecule has 0 fully saturated rings. The first-order chi connectivity index (χ1) is 10.1. The molecule has 106 valence electrons. The number of methoxy groups -OCH3 is 1. The average Bonchev–Trinajstić information content (AvgIpc) is 2.54. The van der Waals surface area contributed by atoms with Gasteiger partial charge in [-0.15, -0.1) is 0 Å². The summed E-state index contributed by atoms with van der Waals surface area (Å²) >= 11 is 0. The number of nitrogens with zero attached hydrogens (tertiary/aromatic N) is 1. The van der Waals surface area contributed by atoms with Crippen LogP contribution in [-0.2, 0) is 14.9 Å². The first-order valence-corrected chi connectivity index (χ1v) is 6.43. The van der Waals surface area contributed by atoms with Crippen molar-refractivity contribution in [2.75, 3.05) is 7.11 Å². The van der Waals surface area contributed by atoms with E-state index in [2.05, 4.69) is 0 Å². The van der Waals surface area contributed by atoms with E-state index in [0.717, 1.165) is 0 Å². The fourth-order valence-corrected chi connectivity index (χ4v) is 1.93. The van der Waals surface area contributed by atoms with Crippen LogP contribution >= 0.6 is 0 Å². The summed E-state index contributed by atoms with van der Waals surface area (Å²) in [7, 11) is 1.27. The Morgan fingerprint density at radius 2 is 1.76 bits per heavy atom. The smallest absolute Gasteiger partial charge is 0.330 e. The number of benzene rings is 2. The van der Waals surface area contributed by atoms with Crippen LogP contribution in [0.4, 0.5) is 0 Å². The first-order valence-electron chi connectivity index (χ1n) is 6.43. The second kappa shape index (κ2) is 6.10. The summed E-state index contributed by atoms with van der Waals surface area (Å²) in [6.45, 7) is 1.53. The Bertz CT molecular complexity index is 676. The van der Waals surface area contributed by atoms with Crippen molar-refractivity contribution in [3.63, 3.8) is 0 Å². The second-order valence-corrected chi connectivity index (χ2v) is 4.67. The molecule has 0 aliphatic carbocycles. The van der Waals surface area contributed by atoms with E-state index in [1.807, 2.05) is 36.4 Å². The van der Waals surface area contributed by atoms with Crippen LogP contribution in [0.15, 0.2) is 54.6 Å². The summed E-state index contributed by atoms with van der Waals surface area (Å²) in [5.74, 6) is 0.650. The van der Waals surface area contributed by atoms with Gasteiger partial charge >= 0.3 is 5.97 Å². The van der Waals surface area contributed by atoms with Crippen molar-refractivity contribution < 1.29 is 14.3 Å². The Morgan fingerprint density at radius 1 is 1.10 bits per heavy atom. The molecule has 2 aromatic rings. The molecule has 0 spiro atoms. The van der Waals surface area contributed by atoms with Gasteiger partial charge in [0.1, 0.15) is 11.5 Å². The number of carbonyl (C=O) groups is 1. The highest BCUT2D eigenvalue weighted by molar-refractivity contribution is 5.86. The lowest BCUT2D eigenvalue weighted by Crippen LogP contribution is -2.32. The van der Waals surface area contributed by atoms with Gasteiger partial charge in [-0.25, -0.2) is 4.79 Å². The third kappa shape index (κ3) is 3.03. The van der Waals surface area contributed by atoms with E-state index in [-0.39, 0.29) is 0 Å². The van der Waals surface area contributed by atoms with Crippen LogP contribution in [0.3, 0.4) is 0 Å². The molecule has 0 amide bonds. The Balaban J connectivity index is 2.34. The van der Waals surface area contributed by atoms with Crippen molar-refractivity contribution in [2.45, 2.75) is 12.3 Å². The number of rotatable bonds is 4. The van der Waals surface area contributed by atoms with Gasteiger partial charge in [0.15, 0.2) is 5.41 Å². The van der Waals surface area contributed by atoms with Gasteiger partial charge in [-0.2, -0.15) is 5.26 Å². The minimum atomic E-state index is -1.36. The molecule has 2 rings (SSSR count). The van der Waals surface area contributed by atoms with Gasteiger partial charge in [0.05, 0.1) is 13.2 Å². The molecule has 0 saturated heterocycles. The molecule has 0 aliphatic rings. The molecule has 21 heavy (non-hydrogen) atoms. The number of esters is 1. The maximum atomic E-state index is 11.8. The molecule has 4 heteroatoms. The van der Waals surface area contributed by atoms with E-state index in [1.54, 1.807) is 24.3 Å². The SMILES string of the molecule is COC(=O)C(C)(C#N)c1cccc(Oc2ccccc2)c1. The van der Waals surface area contributed by atoms with Crippen LogP contribution in [0.2, 0.25) is 0 Å². The number of hydrogen-bond donors (Lipinski definition) is 0. The normalized spacial score (nSPS) is 12.8. The molecule has 0 heterocycles. The van der Waals surface area contributed by atoms with E-state index in [4.69, 9.17) is 9.47 Å². The quantitative estimate of drug-likeness (QED) is 0.805. The van der Waals surface area contributed by atoms with Crippen LogP contribution in [0.5, 0.6) is 11.5 Å². The predicted molar refractivity (Wildman–Crippen MR) is 77.9 cm³/mol. The van der Waals surface area contributed by atoms with Crippen LogP contribution in [0.1, 0.15) is 12.5 Å². The maximum absolute atomic E-state index is 11.8. The predicted octanol–water partition coefficient (Wildman–Crippen LogP) is 3.43. The lowest BCUT2D eigenvalue weighted by atomic mass is 9.84. The van der Waals surface area contributed by atoms with Gasteiger partial charge in [0.25, 0.3) is 0 Å². The number of ether oxygens (including phenoxy) is 2. The van der Waals surface area contributed by atoms with E-state index < -0.39 is 11.4 Å². The van der Waals surface area contributed by atoms with Crippen molar-refractivity contribution in [1.29, 1.82) is 5.26 Å². The molecular weight excluding hydrogens is 266 g/mol. The summed E-state index contributed by atoms with van der Waals surface area (Å²) in [5, 5.41) is 9.33. The fraction of sp³-hybridized carbons (Fsp3) is 0.176. The molecule has 4 nitrogen and oxygen atoms in total. The summed E-state index contributed by atoms with van der Waals surface area (Å²) in [5.41, 5.74) is -0.824. The summed E-state index contributed by atoms with van der Waals surface area (Å²) in [6.07, 6.45) is 0. The minimum absolute atomic E-state index is 0.533. The van der Waals surface area contributed by atoms with Gasteiger partial charge in [-0.3, -0.25) is 0 Å². The Kier molecular flexibility index (Phi) is 4.24. The van der Waals surface area contributed by atoms with Crippen LogP contribution in [0, 0.1) is 11.3 Å². The number of nitriles is 1. The average molecular weight is 281 g/mol. The standard InChI is InChI=1S/C17H15NO3/c1-17(12-18,16(19)20-2)13-7-6-10-15(11-13)21-14-8-4-3-5-9-14/h3-11H,1-2H3. The lowest BCUT2D eigenvalue weighted by Gasteiger charge is -2.19. The van der Waals surface area contributed by atoms with Crippen LogP contribution < -0.4 is 4.74 Å². The highest BCUT2D eigenvalue weighted by atomic mass is 16.5. The topological polar surface area (TPSA) is 59.3 Å². The Labute approximate surface area is 123 Å². The number of hydrogen-bond acceptors (Lipinski definition) is 4. The molecule has 0 saturated carbocycles. The summed E-state index contributed by atoms with van der Waals surface area (Å²) < 4.78 is 10.4. The molecule has 0 radical (unpaired) electrons. The molecule has 2 aromatic carbocycles. The zero-order valence-corrected chi connectivity index (χ0v) is 11.9. The van der Waals surface area contributed by atoms with E-state index in [1.165, 1.54) is 14.0 Å². The van der Waals surface area contributed by atoms with Crippen molar-refractivity contribution in [2.24, 2.45) is 0 Å². The zero-order chi connectivity index (χ0) is 15.3. The molecule has 0 aliphatic heterocycles. The minimum Gasteiger partial charge on any atom is -0.468 e. The largest absolute Gasteiger partial charge is 0.468 e. The summed E-state index contributed by atoms with van der Waals surface area (Å²) in [4.78, 5) is 11.8. The van der Waals surface area contributed by atoms with Gasteiger partial charge in [0, 0.05) is 0 Å². The van der Waals surface area contributed by atoms with Crippen molar-refractivity contribution in [1.82, 2.24) is 0 Å². The molecule has 0 N–H and O–H groups in total. The number of carbonyl (C=O) groups excluding carboxylic acids is 1. The second-order valence-electron chi connectivity index (χ2n) is 4.67. The summed E-state index contributed by atoms with van der Waals surface area (Å²) in [6, 6.07) is 18.2. The molecular formula is C17H15NO3. The van der Waals surface area contributed by atoms with E-state index in [0.29, 0.717) is 17.1 Å². The van der Waals surface area contributed by atoms with Crippen LogP contribution in [0.25, 0.3) is 0 Å². The highest BCUT2D eigenvalue weighted by Gasteiger charge is 2.37. The Hall–Kier alpha value is -2.80. The first kappa shape index (κ1) is 14.6. The van der Waals surface area contributed by atoms with Gasteiger partial charge < -0.3 is 9.47 Å². The van der Waals surface area contributed by atoms with Gasteiger partial charge in [-0.1, -0.05) is 30.3 Å². The third-order valence-corrected chi connectivity index (χ3v) is 3.21. The van der Waals surface area contributed by atoms with Crippen molar-refractivity contribution in [3.05, 3.63) is 60.2 Å². The number of para-hydroxylation sites is 1. The van der Waals surface area contributed by atoms with E-state index in [9.17, 15) is 10.1 Å². The van der Waals surface area contributed by atoms with Crippen LogP contribution in [-0.4, -0.2) is 13.1 Å². The van der Waals surface area contributed by atoms with Gasteiger partial charge in [0.2, 0.25) is 0 Å². The fourth-order valence-electron chi connectivity index (χ4n) is 1.93. The van der Waals surface area contributed by atoms with E-state index >= 15 is 0 Å². The molecule has 0 aromatic heterocycles.